The van der Waals surface area contributed by atoms with Crippen molar-refractivity contribution in [1.82, 2.24) is 19.5 Å². The molecular formula is C27H47N5O4Si2. The van der Waals surface area contributed by atoms with Crippen molar-refractivity contribution < 1.29 is 19.4 Å². The highest BCUT2D eigenvalue weighted by atomic mass is 28.4. The van der Waals surface area contributed by atoms with Gasteiger partial charge in [-0.05, 0) is 34.8 Å². The van der Waals surface area contributed by atoms with Gasteiger partial charge in [0.25, 0.3) is 0 Å². The number of aromatic nitrogens is 4. The fourth-order valence-corrected chi connectivity index (χ4v) is 12.2. The molecule has 0 radical (unpaired) electrons. The average molecular weight is 562 g/mol. The molecule has 3 rings (SSSR count). The Hall–Kier alpha value is -1.82. The summed E-state index contributed by atoms with van der Waals surface area (Å²) >= 11 is 0. The van der Waals surface area contributed by atoms with Crippen molar-refractivity contribution in [3.63, 3.8) is 0 Å². The maximum absolute atomic E-state index is 12.4. The molecule has 4 atom stereocenters. The second kappa shape index (κ2) is 10.6. The Morgan fingerprint density at radius 2 is 1.68 bits per heavy atom. The summed E-state index contributed by atoms with van der Waals surface area (Å²) in [5, 5.41) is 22.7. The third-order valence-electron chi connectivity index (χ3n) is 8.89. The van der Waals surface area contributed by atoms with Gasteiger partial charge >= 0.3 is 0 Å². The quantitative estimate of drug-likeness (QED) is 0.329. The van der Waals surface area contributed by atoms with Gasteiger partial charge in [0, 0.05) is 0 Å². The van der Waals surface area contributed by atoms with Crippen molar-refractivity contribution in [2.75, 3.05) is 12.3 Å². The molecule has 1 saturated heterocycles. The molecule has 1 fully saturated rings. The van der Waals surface area contributed by atoms with Crippen LogP contribution in [0, 0.1) is 11.5 Å². The topological polar surface area (TPSA) is 129 Å². The molecule has 212 valence electrons. The first-order chi connectivity index (χ1) is 17.4. The Morgan fingerprint density at radius 1 is 1.11 bits per heavy atom. The summed E-state index contributed by atoms with van der Waals surface area (Å²) in [5.41, 5.74) is 9.99. The lowest BCUT2D eigenvalue weighted by atomic mass is 9.93. The Labute approximate surface area is 229 Å². The maximum atomic E-state index is 12.4. The van der Waals surface area contributed by atoms with Crippen LogP contribution in [-0.4, -0.2) is 70.5 Å². The normalized spacial score (nSPS) is 25.0. The van der Waals surface area contributed by atoms with Crippen LogP contribution in [0.3, 0.4) is 0 Å². The SMILES string of the molecule is CC(C)[Si](C#C[C@@]1(O)[C@@H](CO)O[C@@H](n2cnc3c(N)ncnc32)[C@@H]1O[Si](C)(C)C(C)(C)C)(C(C)C)C(C)C. The monoisotopic (exact) mass is 561 g/mol. The smallest absolute Gasteiger partial charge is 0.192 e. The number of hydrogen-bond donors (Lipinski definition) is 3. The standard InChI is InChI=1S/C27H47N5O4Si2/c1-17(2)38(18(3)4,19(5)6)13-12-27(34)20(14-33)35-25(22(27)36-37(10,11)26(7,8)9)32-16-31-21-23(28)29-15-30-24(21)32/h15-20,22,25,33-34H,14H2,1-11H3,(H2,28,29,30)/t20-,22+,25-,27-/m1/s1. The zero-order valence-electron chi connectivity index (χ0n) is 24.9. The molecule has 0 aromatic carbocycles. The number of imidazole rings is 1. The molecule has 2 aromatic heterocycles. The van der Waals surface area contributed by atoms with E-state index in [0.717, 1.165) is 0 Å². The van der Waals surface area contributed by atoms with Crippen LogP contribution < -0.4 is 5.73 Å². The van der Waals surface area contributed by atoms with Crippen molar-refractivity contribution in [1.29, 1.82) is 0 Å². The maximum Gasteiger partial charge on any atom is 0.192 e. The Morgan fingerprint density at radius 3 is 2.18 bits per heavy atom. The van der Waals surface area contributed by atoms with E-state index in [0.29, 0.717) is 27.8 Å². The molecule has 0 bridgehead atoms. The van der Waals surface area contributed by atoms with Crippen LogP contribution >= 0.6 is 0 Å². The van der Waals surface area contributed by atoms with Gasteiger partial charge in [-0.15, -0.1) is 5.54 Å². The van der Waals surface area contributed by atoms with E-state index in [1.165, 1.54) is 6.33 Å². The molecule has 0 spiro atoms. The molecule has 0 amide bonds. The molecule has 3 heterocycles. The Kier molecular flexibility index (Phi) is 8.60. The number of nitrogens with two attached hydrogens (primary N) is 1. The van der Waals surface area contributed by atoms with Crippen molar-refractivity contribution in [3.05, 3.63) is 12.7 Å². The minimum Gasteiger partial charge on any atom is -0.405 e. The molecule has 1 aliphatic heterocycles. The van der Waals surface area contributed by atoms with Gasteiger partial charge in [0.05, 0.1) is 12.9 Å². The van der Waals surface area contributed by atoms with Crippen LogP contribution in [0.25, 0.3) is 11.2 Å². The highest BCUT2D eigenvalue weighted by Gasteiger charge is 2.59. The Balaban J connectivity index is 2.26. The zero-order valence-corrected chi connectivity index (χ0v) is 26.9. The molecule has 9 nitrogen and oxygen atoms in total. The second-order valence-corrected chi connectivity index (χ2v) is 23.4. The van der Waals surface area contributed by atoms with E-state index in [4.69, 9.17) is 14.9 Å². The first-order valence-corrected chi connectivity index (χ1v) is 18.7. The van der Waals surface area contributed by atoms with Crippen LogP contribution in [-0.2, 0) is 9.16 Å². The first kappa shape index (κ1) is 30.7. The van der Waals surface area contributed by atoms with Gasteiger partial charge in [0.2, 0.25) is 0 Å². The molecule has 2 aromatic rings. The number of fused-ring (bicyclic) bond motifs is 1. The van der Waals surface area contributed by atoms with Crippen molar-refractivity contribution in [2.24, 2.45) is 0 Å². The van der Waals surface area contributed by atoms with Gasteiger partial charge in [0.1, 0.15) is 32.1 Å². The lowest BCUT2D eigenvalue weighted by Crippen LogP contribution is -2.55. The summed E-state index contributed by atoms with van der Waals surface area (Å²) in [6.07, 6.45) is 0.251. The molecule has 0 aliphatic carbocycles. The summed E-state index contributed by atoms with van der Waals surface area (Å²) in [4.78, 5) is 12.8. The van der Waals surface area contributed by atoms with E-state index in [1.54, 1.807) is 10.9 Å². The van der Waals surface area contributed by atoms with Gasteiger partial charge in [-0.2, -0.15) is 0 Å². The molecular weight excluding hydrogens is 515 g/mol. The highest BCUT2D eigenvalue weighted by Crippen LogP contribution is 2.47. The lowest BCUT2D eigenvalue weighted by Gasteiger charge is -2.42. The molecule has 38 heavy (non-hydrogen) atoms. The first-order valence-electron chi connectivity index (χ1n) is 13.6. The predicted molar refractivity (Wildman–Crippen MR) is 157 cm³/mol. The van der Waals surface area contributed by atoms with Crippen molar-refractivity contribution in [3.8, 4) is 11.5 Å². The van der Waals surface area contributed by atoms with Crippen LogP contribution in [0.5, 0.6) is 0 Å². The van der Waals surface area contributed by atoms with Gasteiger partial charge in [0.15, 0.2) is 31.6 Å². The largest absolute Gasteiger partial charge is 0.405 e. The molecule has 4 N–H and O–H groups in total. The second-order valence-electron chi connectivity index (χ2n) is 13.1. The van der Waals surface area contributed by atoms with Gasteiger partial charge < -0.3 is 25.1 Å². The number of aliphatic hydroxyl groups is 2. The number of hydrogen-bond acceptors (Lipinski definition) is 8. The number of anilines is 1. The minimum absolute atomic E-state index is 0.140. The summed E-state index contributed by atoms with van der Waals surface area (Å²) in [6.45, 7) is 23.7. The highest BCUT2D eigenvalue weighted by molar-refractivity contribution is 6.90. The van der Waals surface area contributed by atoms with Crippen molar-refractivity contribution in [2.45, 2.75) is 121 Å². The summed E-state index contributed by atoms with van der Waals surface area (Å²) < 4.78 is 15.0. The van der Waals surface area contributed by atoms with Crippen LogP contribution in [0.15, 0.2) is 12.7 Å². The number of rotatable bonds is 7. The molecule has 1 aliphatic rings. The van der Waals surface area contributed by atoms with E-state index < -0.39 is 47.0 Å². The molecule has 0 unspecified atom stereocenters. The number of nitrogens with zero attached hydrogens (tertiary/aromatic N) is 4. The Bertz CT molecular complexity index is 1180. The van der Waals surface area contributed by atoms with Gasteiger partial charge in [-0.25, -0.2) is 15.0 Å². The molecule has 0 saturated carbocycles. The van der Waals surface area contributed by atoms with Crippen LogP contribution in [0.1, 0.15) is 68.5 Å². The van der Waals surface area contributed by atoms with Crippen molar-refractivity contribution >= 4 is 33.4 Å². The molecule has 11 heteroatoms. The van der Waals surface area contributed by atoms with E-state index >= 15 is 0 Å². The predicted octanol–water partition coefficient (Wildman–Crippen LogP) is 4.64. The average Bonchev–Trinajstić information content (AvgIpc) is 3.33. The number of aliphatic hydroxyl groups excluding tert-OH is 1. The van der Waals surface area contributed by atoms with E-state index in [-0.39, 0.29) is 10.9 Å². The van der Waals surface area contributed by atoms with Gasteiger partial charge in [-0.3, -0.25) is 4.57 Å². The number of nitrogen functional groups attached to an aromatic ring is 1. The van der Waals surface area contributed by atoms with Gasteiger partial charge in [-0.1, -0.05) is 68.2 Å². The summed E-state index contributed by atoms with van der Waals surface area (Å²) in [6, 6.07) is 0. The fraction of sp³-hybridized carbons (Fsp3) is 0.741. The number of ether oxygens (including phenoxy) is 1. The lowest BCUT2D eigenvalue weighted by molar-refractivity contribution is -0.0605. The van der Waals surface area contributed by atoms with E-state index in [1.807, 2.05) is 0 Å². The fourth-order valence-electron chi connectivity index (χ4n) is 5.63. The summed E-state index contributed by atoms with van der Waals surface area (Å²) in [5.74, 6) is 3.56. The minimum atomic E-state index is -2.44. The van der Waals surface area contributed by atoms with E-state index in [2.05, 4.69) is 102 Å². The zero-order chi connectivity index (χ0) is 28.8. The van der Waals surface area contributed by atoms with Crippen LogP contribution in [0.2, 0.25) is 34.8 Å². The third-order valence-corrected chi connectivity index (χ3v) is 19.6. The third kappa shape index (κ3) is 5.07. The van der Waals surface area contributed by atoms with Crippen LogP contribution in [0.4, 0.5) is 5.82 Å². The van der Waals surface area contributed by atoms with E-state index in [9.17, 15) is 10.2 Å². The summed E-state index contributed by atoms with van der Waals surface area (Å²) in [7, 11) is -4.65.